The third-order valence-corrected chi connectivity index (χ3v) is 3.87. The molecule has 0 bridgehead atoms. The van der Waals surface area contributed by atoms with Crippen LogP contribution in [0.15, 0.2) is 0 Å². The Kier molecular flexibility index (Phi) is 3.26. The summed E-state index contributed by atoms with van der Waals surface area (Å²) in [4.78, 5) is 0. The third kappa shape index (κ3) is 2.98. The quantitative estimate of drug-likeness (QED) is 0.643. The predicted octanol–water partition coefficient (Wildman–Crippen LogP) is 2.81. The largest absolute Gasteiger partial charge is 0.316 e. The van der Waals surface area contributed by atoms with Crippen LogP contribution in [0.1, 0.15) is 45.4 Å². The van der Waals surface area contributed by atoms with Gasteiger partial charge in [-0.25, -0.2) is 0 Å². The van der Waals surface area contributed by atoms with Crippen LogP contribution in [0.2, 0.25) is 0 Å². The standard InChI is InChI=1S/C12H23N/c1-10-3-2-4-12(10)9-13-8-7-11-5-6-11/h10-13H,2-9H2,1H3. The molecule has 1 nitrogen and oxygen atoms in total. The van der Waals surface area contributed by atoms with Crippen molar-refractivity contribution >= 4 is 0 Å². The van der Waals surface area contributed by atoms with E-state index in [2.05, 4.69) is 12.2 Å². The van der Waals surface area contributed by atoms with E-state index < -0.39 is 0 Å². The second kappa shape index (κ2) is 4.45. The highest BCUT2D eigenvalue weighted by Crippen LogP contribution is 2.32. The molecule has 0 radical (unpaired) electrons. The van der Waals surface area contributed by atoms with Gasteiger partial charge in [-0.2, -0.15) is 0 Å². The molecule has 0 amide bonds. The van der Waals surface area contributed by atoms with Gasteiger partial charge in [0.15, 0.2) is 0 Å². The van der Waals surface area contributed by atoms with Gasteiger partial charge in [-0.15, -0.1) is 0 Å². The molecule has 2 fully saturated rings. The van der Waals surface area contributed by atoms with E-state index in [1.54, 1.807) is 0 Å². The molecular formula is C12H23N. The lowest BCUT2D eigenvalue weighted by molar-refractivity contribution is 0.390. The summed E-state index contributed by atoms with van der Waals surface area (Å²) in [5.41, 5.74) is 0. The maximum Gasteiger partial charge on any atom is -0.00180 e. The Morgan fingerprint density at radius 2 is 2.00 bits per heavy atom. The monoisotopic (exact) mass is 181 g/mol. The summed E-state index contributed by atoms with van der Waals surface area (Å²) in [6.45, 7) is 4.97. The van der Waals surface area contributed by atoms with Crippen molar-refractivity contribution < 1.29 is 0 Å². The van der Waals surface area contributed by atoms with Gasteiger partial charge in [0.25, 0.3) is 0 Å². The summed E-state index contributed by atoms with van der Waals surface area (Å²) in [7, 11) is 0. The lowest BCUT2D eigenvalue weighted by Gasteiger charge is -2.15. The van der Waals surface area contributed by atoms with E-state index in [1.165, 1.54) is 51.6 Å². The van der Waals surface area contributed by atoms with Gasteiger partial charge in [0.05, 0.1) is 0 Å². The van der Waals surface area contributed by atoms with Crippen LogP contribution in [0.25, 0.3) is 0 Å². The zero-order valence-corrected chi connectivity index (χ0v) is 8.89. The molecular weight excluding hydrogens is 158 g/mol. The highest BCUT2D eigenvalue weighted by molar-refractivity contribution is 4.77. The van der Waals surface area contributed by atoms with Gasteiger partial charge in [-0.05, 0) is 43.7 Å². The molecule has 2 aliphatic rings. The maximum atomic E-state index is 3.63. The normalized spacial score (nSPS) is 33.9. The molecule has 2 saturated carbocycles. The third-order valence-electron chi connectivity index (χ3n) is 3.87. The lowest BCUT2D eigenvalue weighted by Crippen LogP contribution is -2.25. The molecule has 13 heavy (non-hydrogen) atoms. The zero-order chi connectivity index (χ0) is 9.10. The fourth-order valence-corrected chi connectivity index (χ4v) is 2.53. The Labute approximate surface area is 82.3 Å². The summed E-state index contributed by atoms with van der Waals surface area (Å²) < 4.78 is 0. The van der Waals surface area contributed by atoms with Crippen LogP contribution in [0.4, 0.5) is 0 Å². The van der Waals surface area contributed by atoms with Crippen LogP contribution in [-0.2, 0) is 0 Å². The zero-order valence-electron chi connectivity index (χ0n) is 8.89. The molecule has 1 N–H and O–H groups in total. The lowest BCUT2D eigenvalue weighted by atomic mass is 9.98. The highest BCUT2D eigenvalue weighted by atomic mass is 14.9. The van der Waals surface area contributed by atoms with Gasteiger partial charge in [-0.1, -0.05) is 32.6 Å². The molecule has 1 heteroatoms. The smallest absolute Gasteiger partial charge is 0.00180 e. The number of nitrogens with one attached hydrogen (secondary N) is 1. The van der Waals surface area contributed by atoms with Gasteiger partial charge in [-0.3, -0.25) is 0 Å². The summed E-state index contributed by atoms with van der Waals surface area (Å²) in [5, 5.41) is 3.63. The van der Waals surface area contributed by atoms with Crippen LogP contribution >= 0.6 is 0 Å². The van der Waals surface area contributed by atoms with Gasteiger partial charge in [0, 0.05) is 0 Å². The van der Waals surface area contributed by atoms with Crippen molar-refractivity contribution in [2.45, 2.75) is 45.4 Å². The Morgan fingerprint density at radius 1 is 1.15 bits per heavy atom. The first-order valence-electron chi connectivity index (χ1n) is 6.07. The minimum absolute atomic E-state index is 0.980. The van der Waals surface area contributed by atoms with Crippen LogP contribution in [0, 0.1) is 17.8 Å². The highest BCUT2D eigenvalue weighted by Gasteiger charge is 2.23. The average Bonchev–Trinajstić information content (AvgIpc) is 2.86. The van der Waals surface area contributed by atoms with Crippen molar-refractivity contribution in [1.29, 1.82) is 0 Å². The Balaban J connectivity index is 1.51. The molecule has 0 aromatic carbocycles. The van der Waals surface area contributed by atoms with E-state index in [9.17, 15) is 0 Å². The Bertz CT molecular complexity index is 151. The molecule has 2 unspecified atom stereocenters. The van der Waals surface area contributed by atoms with Crippen LogP contribution in [0.3, 0.4) is 0 Å². The second-order valence-corrected chi connectivity index (χ2v) is 5.10. The van der Waals surface area contributed by atoms with Gasteiger partial charge >= 0.3 is 0 Å². The summed E-state index contributed by atoms with van der Waals surface area (Å²) in [6, 6.07) is 0. The van der Waals surface area contributed by atoms with E-state index >= 15 is 0 Å². The van der Waals surface area contributed by atoms with Crippen molar-refractivity contribution in [2.75, 3.05) is 13.1 Å². The first kappa shape index (κ1) is 9.51. The average molecular weight is 181 g/mol. The minimum Gasteiger partial charge on any atom is -0.316 e. The number of hydrogen-bond donors (Lipinski definition) is 1. The van der Waals surface area contributed by atoms with Crippen molar-refractivity contribution in [1.82, 2.24) is 5.32 Å². The van der Waals surface area contributed by atoms with E-state index in [0.717, 1.165) is 17.8 Å². The predicted molar refractivity (Wildman–Crippen MR) is 56.7 cm³/mol. The fraction of sp³-hybridized carbons (Fsp3) is 1.00. The summed E-state index contributed by atoms with van der Waals surface area (Å²) >= 11 is 0. The van der Waals surface area contributed by atoms with Crippen molar-refractivity contribution in [3.05, 3.63) is 0 Å². The van der Waals surface area contributed by atoms with Crippen molar-refractivity contribution in [3.8, 4) is 0 Å². The molecule has 0 aliphatic heterocycles. The molecule has 0 heterocycles. The molecule has 2 rings (SSSR count). The second-order valence-electron chi connectivity index (χ2n) is 5.10. The number of rotatable bonds is 5. The number of hydrogen-bond acceptors (Lipinski definition) is 1. The molecule has 2 atom stereocenters. The van der Waals surface area contributed by atoms with Gasteiger partial charge in [0.2, 0.25) is 0 Å². The molecule has 0 saturated heterocycles. The van der Waals surface area contributed by atoms with Crippen LogP contribution in [0.5, 0.6) is 0 Å². The van der Waals surface area contributed by atoms with E-state index in [-0.39, 0.29) is 0 Å². The van der Waals surface area contributed by atoms with Crippen LogP contribution < -0.4 is 5.32 Å². The van der Waals surface area contributed by atoms with Crippen molar-refractivity contribution in [3.63, 3.8) is 0 Å². The Morgan fingerprint density at radius 3 is 2.62 bits per heavy atom. The maximum absolute atomic E-state index is 3.63. The summed E-state index contributed by atoms with van der Waals surface area (Å²) in [6.07, 6.45) is 8.84. The SMILES string of the molecule is CC1CCCC1CNCCC1CC1. The molecule has 76 valence electrons. The molecule has 0 spiro atoms. The topological polar surface area (TPSA) is 12.0 Å². The van der Waals surface area contributed by atoms with Crippen LogP contribution in [-0.4, -0.2) is 13.1 Å². The minimum atomic E-state index is 0.980. The van der Waals surface area contributed by atoms with E-state index in [1.807, 2.05) is 0 Å². The van der Waals surface area contributed by atoms with Gasteiger partial charge in [0.1, 0.15) is 0 Å². The first-order valence-corrected chi connectivity index (χ1v) is 6.07. The molecule has 2 aliphatic carbocycles. The van der Waals surface area contributed by atoms with E-state index in [4.69, 9.17) is 0 Å². The van der Waals surface area contributed by atoms with Crippen molar-refractivity contribution in [2.24, 2.45) is 17.8 Å². The molecule has 0 aromatic rings. The fourth-order valence-electron chi connectivity index (χ4n) is 2.53. The molecule has 0 aromatic heterocycles. The Hall–Kier alpha value is -0.0400. The first-order chi connectivity index (χ1) is 6.36. The van der Waals surface area contributed by atoms with Gasteiger partial charge < -0.3 is 5.32 Å². The van der Waals surface area contributed by atoms with E-state index in [0.29, 0.717) is 0 Å². The summed E-state index contributed by atoms with van der Waals surface area (Å²) in [5.74, 6) is 3.06.